The van der Waals surface area contributed by atoms with Gasteiger partial charge < -0.3 is 19.9 Å². The van der Waals surface area contributed by atoms with E-state index < -0.39 is 0 Å². The third-order valence-corrected chi connectivity index (χ3v) is 4.71. The van der Waals surface area contributed by atoms with Crippen LogP contribution in [-0.4, -0.2) is 37.7 Å². The first-order valence-corrected chi connectivity index (χ1v) is 8.20. The van der Waals surface area contributed by atoms with Crippen molar-refractivity contribution in [1.29, 1.82) is 0 Å². The number of ether oxygens (including phenoxy) is 1. The average molecular weight is 324 g/mol. The van der Waals surface area contributed by atoms with Crippen molar-refractivity contribution in [3.63, 3.8) is 0 Å². The predicted octanol–water partition coefficient (Wildman–Crippen LogP) is 2.70. The minimum atomic E-state index is -0.0834. The normalized spacial score (nSPS) is 19.8. The highest BCUT2D eigenvalue weighted by Gasteiger charge is 2.26. The van der Waals surface area contributed by atoms with Crippen LogP contribution >= 0.6 is 0 Å². The highest BCUT2D eigenvalue weighted by molar-refractivity contribution is 5.90. The fourth-order valence-corrected chi connectivity index (χ4v) is 3.35. The Hall–Kier alpha value is -2.60. The molecular formula is C18H20N4O2. The van der Waals surface area contributed by atoms with Crippen LogP contribution in [0.15, 0.2) is 36.5 Å². The van der Waals surface area contributed by atoms with Gasteiger partial charge in [0.25, 0.3) is 0 Å². The number of morpholine rings is 1. The van der Waals surface area contributed by atoms with Gasteiger partial charge in [0.1, 0.15) is 5.82 Å². The molecule has 2 aliphatic rings. The van der Waals surface area contributed by atoms with E-state index in [1.165, 1.54) is 0 Å². The van der Waals surface area contributed by atoms with Crippen LogP contribution in [0.3, 0.4) is 0 Å². The second-order valence-corrected chi connectivity index (χ2v) is 6.06. The van der Waals surface area contributed by atoms with E-state index in [1.54, 1.807) is 11.1 Å². The Morgan fingerprint density at radius 2 is 2.12 bits per heavy atom. The maximum atomic E-state index is 11.8. The van der Waals surface area contributed by atoms with Gasteiger partial charge in [0.2, 0.25) is 6.41 Å². The third kappa shape index (κ3) is 2.49. The van der Waals surface area contributed by atoms with Crippen molar-refractivity contribution in [2.45, 2.75) is 13.0 Å². The highest BCUT2D eigenvalue weighted by atomic mass is 16.5. The lowest BCUT2D eigenvalue weighted by atomic mass is 10.1. The van der Waals surface area contributed by atoms with E-state index in [-0.39, 0.29) is 6.04 Å². The number of amides is 1. The summed E-state index contributed by atoms with van der Waals surface area (Å²) in [7, 11) is 0. The summed E-state index contributed by atoms with van der Waals surface area (Å²) in [5.74, 6) is 0.801. The number of rotatable bonds is 2. The summed E-state index contributed by atoms with van der Waals surface area (Å²) in [6, 6.07) is 10.00. The van der Waals surface area contributed by atoms with E-state index in [2.05, 4.69) is 27.3 Å². The number of hydrogen-bond donors (Lipinski definition) is 1. The number of nitrogens with zero attached hydrogens (tertiary/aromatic N) is 3. The lowest BCUT2D eigenvalue weighted by Crippen LogP contribution is -2.36. The molecule has 0 saturated carbocycles. The Balaban J connectivity index is 1.78. The first-order chi connectivity index (χ1) is 11.8. The summed E-state index contributed by atoms with van der Waals surface area (Å²) >= 11 is 0. The van der Waals surface area contributed by atoms with Crippen molar-refractivity contribution < 1.29 is 9.53 Å². The molecule has 4 rings (SSSR count). The number of hydrogen-bond acceptors (Lipinski definition) is 5. The van der Waals surface area contributed by atoms with Gasteiger partial charge in [0, 0.05) is 30.5 Å². The van der Waals surface area contributed by atoms with Gasteiger partial charge in [-0.1, -0.05) is 6.07 Å². The van der Waals surface area contributed by atoms with Gasteiger partial charge >= 0.3 is 0 Å². The molecule has 6 nitrogen and oxygen atoms in total. The summed E-state index contributed by atoms with van der Waals surface area (Å²) in [5, 5.41) is 3.37. The smallest absolute Gasteiger partial charge is 0.214 e. The molecule has 6 heteroatoms. The number of fused-ring (bicyclic) bond motifs is 2. The zero-order valence-electron chi connectivity index (χ0n) is 13.6. The molecule has 1 atom stereocenters. The van der Waals surface area contributed by atoms with Crippen molar-refractivity contribution in [2.24, 2.45) is 0 Å². The van der Waals surface area contributed by atoms with Crippen molar-refractivity contribution in [3.05, 3.63) is 42.1 Å². The SMILES string of the molecule is CC1c2cccnc2Nc2ccc(N3CCOCC3)cc2N1C=O. The number of carbonyl (C=O) groups excluding carboxylic acids is 1. The molecule has 124 valence electrons. The molecular weight excluding hydrogens is 304 g/mol. The second-order valence-electron chi connectivity index (χ2n) is 6.06. The molecule has 0 spiro atoms. The van der Waals surface area contributed by atoms with E-state index in [9.17, 15) is 4.79 Å². The van der Waals surface area contributed by atoms with E-state index in [0.29, 0.717) is 0 Å². The first kappa shape index (κ1) is 15.0. The van der Waals surface area contributed by atoms with Gasteiger partial charge in [0.15, 0.2) is 0 Å². The monoisotopic (exact) mass is 324 g/mol. The van der Waals surface area contributed by atoms with Crippen LogP contribution < -0.4 is 15.1 Å². The fraction of sp³-hybridized carbons (Fsp3) is 0.333. The molecule has 1 aromatic carbocycles. The maximum Gasteiger partial charge on any atom is 0.214 e. The van der Waals surface area contributed by atoms with E-state index in [0.717, 1.165) is 61.2 Å². The molecule has 1 fully saturated rings. The Morgan fingerprint density at radius 1 is 1.29 bits per heavy atom. The van der Waals surface area contributed by atoms with Gasteiger partial charge in [-0.25, -0.2) is 4.98 Å². The molecule has 3 heterocycles. The number of nitrogens with one attached hydrogen (secondary N) is 1. The zero-order valence-corrected chi connectivity index (χ0v) is 13.6. The molecule has 1 aromatic heterocycles. The maximum absolute atomic E-state index is 11.8. The van der Waals surface area contributed by atoms with Crippen LogP contribution in [0.2, 0.25) is 0 Å². The van der Waals surface area contributed by atoms with Crippen LogP contribution in [0.1, 0.15) is 18.5 Å². The number of pyridine rings is 1. The van der Waals surface area contributed by atoms with E-state index in [4.69, 9.17) is 4.74 Å². The molecule has 1 unspecified atom stereocenters. The minimum absolute atomic E-state index is 0.0834. The Bertz CT molecular complexity index is 758. The molecule has 2 aromatic rings. The first-order valence-electron chi connectivity index (χ1n) is 8.20. The molecule has 1 saturated heterocycles. The lowest BCUT2D eigenvalue weighted by molar-refractivity contribution is -0.107. The number of carbonyl (C=O) groups is 1. The van der Waals surface area contributed by atoms with Crippen molar-refractivity contribution >= 4 is 29.3 Å². The lowest BCUT2D eigenvalue weighted by Gasteiger charge is -2.31. The Labute approximate surface area is 141 Å². The standard InChI is InChI=1S/C18H20N4O2/c1-13-15-3-2-6-19-18(15)20-16-5-4-14(11-17(16)22(13)12-23)21-7-9-24-10-8-21/h2-6,11-13H,7-10H2,1H3,(H,19,20). The summed E-state index contributed by atoms with van der Waals surface area (Å²) in [6.07, 6.45) is 2.66. The Kier molecular flexibility index (Phi) is 3.82. The van der Waals surface area contributed by atoms with Crippen LogP contribution in [0, 0.1) is 0 Å². The molecule has 1 N–H and O–H groups in total. The number of aromatic nitrogens is 1. The van der Waals surface area contributed by atoms with Crippen LogP contribution in [-0.2, 0) is 9.53 Å². The highest BCUT2D eigenvalue weighted by Crippen LogP contribution is 2.41. The molecule has 1 amide bonds. The Morgan fingerprint density at radius 3 is 2.92 bits per heavy atom. The molecule has 24 heavy (non-hydrogen) atoms. The van der Waals surface area contributed by atoms with Crippen LogP contribution in [0.4, 0.5) is 22.9 Å². The summed E-state index contributed by atoms with van der Waals surface area (Å²) < 4.78 is 5.43. The molecule has 0 bridgehead atoms. The van der Waals surface area contributed by atoms with Crippen molar-refractivity contribution in [2.75, 3.05) is 41.4 Å². The summed E-state index contributed by atoms with van der Waals surface area (Å²) in [5.41, 5.74) is 3.88. The van der Waals surface area contributed by atoms with Gasteiger partial charge in [0.05, 0.1) is 30.6 Å². The van der Waals surface area contributed by atoms with Crippen LogP contribution in [0.25, 0.3) is 0 Å². The van der Waals surface area contributed by atoms with E-state index in [1.807, 2.05) is 25.1 Å². The molecule has 2 aliphatic heterocycles. The molecule has 0 radical (unpaired) electrons. The van der Waals surface area contributed by atoms with Crippen LogP contribution in [0.5, 0.6) is 0 Å². The third-order valence-electron chi connectivity index (χ3n) is 4.71. The van der Waals surface area contributed by atoms with Gasteiger partial charge in [-0.15, -0.1) is 0 Å². The van der Waals surface area contributed by atoms with Crippen molar-refractivity contribution in [3.8, 4) is 0 Å². The van der Waals surface area contributed by atoms with E-state index >= 15 is 0 Å². The summed E-state index contributed by atoms with van der Waals surface area (Å²) in [4.78, 5) is 20.3. The minimum Gasteiger partial charge on any atom is -0.378 e. The largest absolute Gasteiger partial charge is 0.378 e. The quantitative estimate of drug-likeness (QED) is 0.861. The van der Waals surface area contributed by atoms with Crippen molar-refractivity contribution in [1.82, 2.24) is 4.98 Å². The zero-order chi connectivity index (χ0) is 16.5. The van der Waals surface area contributed by atoms with Gasteiger partial charge in [-0.3, -0.25) is 4.79 Å². The second kappa shape index (κ2) is 6.13. The summed E-state index contributed by atoms with van der Waals surface area (Å²) in [6.45, 7) is 5.22. The van der Waals surface area contributed by atoms with Gasteiger partial charge in [-0.2, -0.15) is 0 Å². The number of anilines is 4. The average Bonchev–Trinajstić information content (AvgIpc) is 2.76. The topological polar surface area (TPSA) is 57.7 Å². The van der Waals surface area contributed by atoms with Gasteiger partial charge in [-0.05, 0) is 31.2 Å². The fourth-order valence-electron chi connectivity index (χ4n) is 3.35. The molecule has 0 aliphatic carbocycles. The number of benzene rings is 1. The predicted molar refractivity (Wildman–Crippen MR) is 94.0 cm³/mol.